The van der Waals surface area contributed by atoms with E-state index in [1.807, 2.05) is 30.3 Å². The molecule has 0 spiro atoms. The molecule has 0 atom stereocenters. The van der Waals surface area contributed by atoms with Gasteiger partial charge < -0.3 is 4.74 Å². The minimum atomic E-state index is -0.610. The summed E-state index contributed by atoms with van der Waals surface area (Å²) >= 11 is 1.10. The van der Waals surface area contributed by atoms with Crippen molar-refractivity contribution in [2.45, 2.75) is 18.0 Å². The lowest BCUT2D eigenvalue weighted by Gasteiger charge is -2.13. The number of benzene rings is 2. The number of aromatic nitrogens is 3. The van der Waals surface area contributed by atoms with Crippen LogP contribution in [-0.2, 0) is 19.1 Å². The van der Waals surface area contributed by atoms with E-state index < -0.39 is 18.5 Å². The van der Waals surface area contributed by atoms with E-state index >= 15 is 0 Å². The Balaban J connectivity index is 1.46. The first kappa shape index (κ1) is 21.7. The van der Waals surface area contributed by atoms with E-state index in [1.54, 1.807) is 16.7 Å². The van der Waals surface area contributed by atoms with Crippen LogP contribution < -0.4 is 0 Å². The van der Waals surface area contributed by atoms with Crippen LogP contribution in [0.25, 0.3) is 17.1 Å². The van der Waals surface area contributed by atoms with Crippen LogP contribution in [0, 0.1) is 5.82 Å². The molecule has 0 unspecified atom stereocenters. The van der Waals surface area contributed by atoms with Gasteiger partial charge in [0.2, 0.25) is 5.91 Å². The molecule has 0 saturated carbocycles. The number of esters is 1. The summed E-state index contributed by atoms with van der Waals surface area (Å²) in [6, 6.07) is 15.2. The quantitative estimate of drug-likeness (QED) is 0.400. The fourth-order valence-electron chi connectivity index (χ4n) is 3.26. The molecule has 0 bridgehead atoms. The molecule has 0 N–H and O–H groups in total. The fraction of sp³-hybridized carbons (Fsp3) is 0.227. The van der Waals surface area contributed by atoms with Crippen molar-refractivity contribution in [2.24, 2.45) is 0 Å². The minimum absolute atomic E-state index is 0.102. The number of hydrogen-bond donors (Lipinski definition) is 0. The summed E-state index contributed by atoms with van der Waals surface area (Å²) in [6.45, 7) is -0.117. The number of carbonyl (C=O) groups excluding carboxylic acids is 3. The van der Waals surface area contributed by atoms with Gasteiger partial charge in [-0.15, -0.1) is 10.2 Å². The minimum Gasteiger partial charge on any atom is -0.455 e. The van der Waals surface area contributed by atoms with Crippen LogP contribution in [0.1, 0.15) is 12.8 Å². The SMILES string of the molecule is O=C(CSc1nnc(-c2ccc(F)cc2)n1-c1ccccc1)OCC(=O)N1CCCC1=O. The monoisotopic (exact) mass is 454 g/mol. The summed E-state index contributed by atoms with van der Waals surface area (Å²) in [6.07, 6.45) is 0.959. The van der Waals surface area contributed by atoms with Gasteiger partial charge in [0.15, 0.2) is 17.6 Å². The Morgan fingerprint density at radius 1 is 1.06 bits per heavy atom. The summed E-state index contributed by atoms with van der Waals surface area (Å²) in [5.74, 6) is -1.34. The summed E-state index contributed by atoms with van der Waals surface area (Å²) in [5, 5.41) is 8.85. The third-order valence-electron chi connectivity index (χ3n) is 4.80. The molecule has 1 aliphatic heterocycles. The predicted molar refractivity (Wildman–Crippen MR) is 114 cm³/mol. The van der Waals surface area contributed by atoms with Crippen molar-refractivity contribution in [1.82, 2.24) is 19.7 Å². The smallest absolute Gasteiger partial charge is 0.316 e. The van der Waals surface area contributed by atoms with Crippen molar-refractivity contribution < 1.29 is 23.5 Å². The molecule has 2 aromatic carbocycles. The summed E-state index contributed by atoms with van der Waals surface area (Å²) in [5.41, 5.74) is 1.44. The molecule has 1 aromatic heterocycles. The lowest BCUT2D eigenvalue weighted by Crippen LogP contribution is -2.35. The fourth-order valence-corrected chi connectivity index (χ4v) is 4.01. The van der Waals surface area contributed by atoms with E-state index in [4.69, 9.17) is 4.74 Å². The zero-order valence-electron chi connectivity index (χ0n) is 16.9. The average Bonchev–Trinajstić information content (AvgIpc) is 3.43. The zero-order valence-corrected chi connectivity index (χ0v) is 17.8. The molecule has 0 radical (unpaired) electrons. The molecular weight excluding hydrogens is 435 g/mol. The average molecular weight is 454 g/mol. The Hall–Kier alpha value is -3.53. The number of carbonyl (C=O) groups is 3. The van der Waals surface area contributed by atoms with Gasteiger partial charge in [0.05, 0.1) is 5.75 Å². The molecule has 4 rings (SSSR count). The second kappa shape index (κ2) is 9.73. The topological polar surface area (TPSA) is 94.4 Å². The number of nitrogens with zero attached hydrogens (tertiary/aromatic N) is 4. The van der Waals surface area contributed by atoms with Gasteiger partial charge in [-0.25, -0.2) is 4.39 Å². The Morgan fingerprint density at radius 3 is 2.50 bits per heavy atom. The number of thioether (sulfide) groups is 1. The lowest BCUT2D eigenvalue weighted by molar-refractivity contribution is -0.153. The van der Waals surface area contributed by atoms with Gasteiger partial charge in [-0.05, 0) is 42.8 Å². The summed E-state index contributed by atoms with van der Waals surface area (Å²) in [4.78, 5) is 36.9. The van der Waals surface area contributed by atoms with E-state index in [0.29, 0.717) is 35.9 Å². The molecule has 1 saturated heterocycles. The summed E-state index contributed by atoms with van der Waals surface area (Å²) in [7, 11) is 0. The van der Waals surface area contributed by atoms with Crippen molar-refractivity contribution in [1.29, 1.82) is 0 Å². The highest BCUT2D eigenvalue weighted by atomic mass is 32.2. The first-order valence-corrected chi connectivity index (χ1v) is 10.9. The molecule has 0 aliphatic carbocycles. The van der Waals surface area contributed by atoms with Crippen LogP contribution >= 0.6 is 11.8 Å². The number of ether oxygens (including phenoxy) is 1. The van der Waals surface area contributed by atoms with Gasteiger partial charge >= 0.3 is 5.97 Å². The Morgan fingerprint density at radius 2 is 1.81 bits per heavy atom. The maximum atomic E-state index is 13.3. The number of halogens is 1. The van der Waals surface area contributed by atoms with Crippen molar-refractivity contribution in [3.63, 3.8) is 0 Å². The molecule has 10 heteroatoms. The van der Waals surface area contributed by atoms with Crippen molar-refractivity contribution in [3.8, 4) is 17.1 Å². The Labute approximate surface area is 187 Å². The second-order valence-electron chi connectivity index (χ2n) is 6.98. The van der Waals surface area contributed by atoms with Crippen LogP contribution in [-0.4, -0.2) is 56.4 Å². The van der Waals surface area contributed by atoms with Crippen molar-refractivity contribution >= 4 is 29.5 Å². The molecule has 1 aliphatic rings. The van der Waals surface area contributed by atoms with Crippen LogP contribution in [0.2, 0.25) is 0 Å². The highest BCUT2D eigenvalue weighted by Crippen LogP contribution is 2.28. The molecule has 2 amide bonds. The first-order valence-electron chi connectivity index (χ1n) is 9.91. The number of para-hydroxylation sites is 1. The van der Waals surface area contributed by atoms with E-state index in [1.165, 1.54) is 12.1 Å². The number of imide groups is 1. The van der Waals surface area contributed by atoms with Gasteiger partial charge in [-0.3, -0.25) is 23.9 Å². The number of amides is 2. The molecular formula is C22H19FN4O4S. The van der Waals surface area contributed by atoms with Crippen molar-refractivity contribution in [2.75, 3.05) is 18.9 Å². The maximum absolute atomic E-state index is 13.3. The molecule has 164 valence electrons. The van der Waals surface area contributed by atoms with Gasteiger partial charge in [-0.1, -0.05) is 30.0 Å². The lowest BCUT2D eigenvalue weighted by atomic mass is 10.2. The highest BCUT2D eigenvalue weighted by molar-refractivity contribution is 7.99. The number of rotatable bonds is 7. The Bertz CT molecular complexity index is 1130. The summed E-state index contributed by atoms with van der Waals surface area (Å²) < 4.78 is 20.1. The van der Waals surface area contributed by atoms with Gasteiger partial charge in [0, 0.05) is 24.2 Å². The third-order valence-corrected chi connectivity index (χ3v) is 5.70. The molecule has 8 nitrogen and oxygen atoms in total. The van der Waals surface area contributed by atoms with E-state index in [0.717, 1.165) is 22.3 Å². The highest BCUT2D eigenvalue weighted by Gasteiger charge is 2.27. The molecule has 2 heterocycles. The third kappa shape index (κ3) is 4.86. The van der Waals surface area contributed by atoms with Gasteiger partial charge in [-0.2, -0.15) is 0 Å². The van der Waals surface area contributed by atoms with Crippen LogP contribution in [0.4, 0.5) is 4.39 Å². The van der Waals surface area contributed by atoms with Gasteiger partial charge in [0.25, 0.3) is 5.91 Å². The molecule has 32 heavy (non-hydrogen) atoms. The van der Waals surface area contributed by atoms with Crippen LogP contribution in [0.3, 0.4) is 0 Å². The van der Waals surface area contributed by atoms with E-state index in [9.17, 15) is 18.8 Å². The van der Waals surface area contributed by atoms with Gasteiger partial charge in [0.1, 0.15) is 5.82 Å². The Kier molecular flexibility index (Phi) is 6.60. The maximum Gasteiger partial charge on any atom is 0.316 e. The predicted octanol–water partition coefficient (Wildman–Crippen LogP) is 2.86. The van der Waals surface area contributed by atoms with E-state index in [2.05, 4.69) is 10.2 Å². The number of likely N-dealkylation sites (tertiary alicyclic amines) is 1. The largest absolute Gasteiger partial charge is 0.455 e. The molecule has 1 fully saturated rings. The standard InChI is InChI=1S/C22H19FN4O4S/c23-16-10-8-15(9-11-16)21-24-25-22(27(21)17-5-2-1-3-6-17)32-14-20(30)31-13-19(29)26-12-4-7-18(26)28/h1-3,5-6,8-11H,4,7,12-14H2. The molecule has 3 aromatic rings. The zero-order chi connectivity index (χ0) is 22.5. The second-order valence-corrected chi connectivity index (χ2v) is 7.92. The van der Waals surface area contributed by atoms with Crippen LogP contribution in [0.15, 0.2) is 59.8 Å². The normalized spacial score (nSPS) is 13.4. The number of hydrogen-bond acceptors (Lipinski definition) is 7. The van der Waals surface area contributed by atoms with Crippen LogP contribution in [0.5, 0.6) is 0 Å². The first-order chi connectivity index (χ1) is 15.5. The van der Waals surface area contributed by atoms with Crippen molar-refractivity contribution in [3.05, 3.63) is 60.4 Å². The van der Waals surface area contributed by atoms with E-state index in [-0.39, 0.29) is 17.5 Å².